The number of fused-ring (bicyclic) bond motifs is 1. The number of phosphoric acid groups is 1. The topological polar surface area (TPSA) is 141 Å². The van der Waals surface area contributed by atoms with Gasteiger partial charge in [0.15, 0.2) is 11.5 Å². The molecule has 1 atom stereocenters. The van der Waals surface area contributed by atoms with E-state index < -0.39 is 7.82 Å². The first-order valence-corrected chi connectivity index (χ1v) is 11.0. The number of hydrogen-bond acceptors (Lipinski definition) is 4. The number of carbonyl (C=O) groups excluding carboxylic acids is 1. The highest BCUT2D eigenvalue weighted by molar-refractivity contribution is 7.45. The van der Waals surface area contributed by atoms with Crippen molar-refractivity contribution in [1.82, 2.24) is 10.3 Å². The third-order valence-electron chi connectivity index (χ3n) is 4.40. The van der Waals surface area contributed by atoms with E-state index in [-0.39, 0.29) is 11.9 Å². The van der Waals surface area contributed by atoms with E-state index in [1.807, 2.05) is 48.7 Å². The van der Waals surface area contributed by atoms with E-state index in [4.69, 9.17) is 28.7 Å². The van der Waals surface area contributed by atoms with Crippen LogP contribution in [-0.2, 0) is 11.0 Å². The molecule has 0 spiro atoms. The number of amides is 1. The summed E-state index contributed by atoms with van der Waals surface area (Å²) in [6.07, 6.45) is 2.56. The Labute approximate surface area is 178 Å². The van der Waals surface area contributed by atoms with Crippen LogP contribution in [0.5, 0.6) is 11.5 Å². The second-order valence-corrected chi connectivity index (χ2v) is 7.71. The number of H-pyrrole nitrogens is 1. The Balaban J connectivity index is 0.000000491. The molecular formula is C21H23N2O7P. The van der Waals surface area contributed by atoms with Crippen LogP contribution >= 0.6 is 7.82 Å². The zero-order valence-electron chi connectivity index (χ0n) is 16.5. The number of nitrogens with one attached hydrogen (secondary N) is 2. The van der Waals surface area contributed by atoms with Gasteiger partial charge in [-0.3, -0.25) is 4.79 Å². The zero-order chi connectivity index (χ0) is 22.3. The van der Waals surface area contributed by atoms with Crippen LogP contribution in [0.15, 0.2) is 66.9 Å². The van der Waals surface area contributed by atoms with Gasteiger partial charge in [-0.2, -0.15) is 0 Å². The van der Waals surface area contributed by atoms with E-state index in [1.54, 1.807) is 6.07 Å². The van der Waals surface area contributed by atoms with Gasteiger partial charge in [0.2, 0.25) is 0 Å². The summed E-state index contributed by atoms with van der Waals surface area (Å²) in [5.41, 5.74) is 2.61. The molecule has 0 saturated heterocycles. The highest BCUT2D eigenvalue weighted by atomic mass is 31.2. The number of aromatic nitrogens is 1. The lowest BCUT2D eigenvalue weighted by atomic mass is 10.0. The van der Waals surface area contributed by atoms with Gasteiger partial charge in [-0.05, 0) is 36.2 Å². The smallest absolute Gasteiger partial charge is 0.466 e. The minimum Gasteiger partial charge on any atom is -0.486 e. The number of para-hydroxylation sites is 1. The Bertz CT molecular complexity index is 1030. The van der Waals surface area contributed by atoms with Crippen molar-refractivity contribution in [1.29, 1.82) is 0 Å². The largest absolute Gasteiger partial charge is 0.486 e. The van der Waals surface area contributed by atoms with Crippen molar-refractivity contribution in [2.24, 2.45) is 0 Å². The van der Waals surface area contributed by atoms with Crippen LogP contribution in [-0.4, -0.2) is 38.8 Å². The summed E-state index contributed by atoms with van der Waals surface area (Å²) in [4.78, 5) is 37.7. The minimum atomic E-state index is -4.64. The molecule has 164 valence electrons. The quantitative estimate of drug-likeness (QED) is 0.379. The van der Waals surface area contributed by atoms with Crippen LogP contribution in [0.3, 0.4) is 0 Å². The summed E-state index contributed by atoms with van der Waals surface area (Å²) in [5, 5.41) is 3.13. The molecular weight excluding hydrogens is 423 g/mol. The maximum absolute atomic E-state index is 13.0. The molecule has 1 aromatic heterocycles. The molecule has 1 amide bonds. The first kappa shape index (κ1) is 22.6. The fourth-order valence-electron chi connectivity index (χ4n) is 3.14. The molecule has 2 aromatic carbocycles. The van der Waals surface area contributed by atoms with Gasteiger partial charge in [-0.25, -0.2) is 4.57 Å². The van der Waals surface area contributed by atoms with E-state index >= 15 is 0 Å². The molecule has 1 unspecified atom stereocenters. The van der Waals surface area contributed by atoms with Crippen LogP contribution < -0.4 is 14.8 Å². The van der Waals surface area contributed by atoms with E-state index in [9.17, 15) is 4.79 Å². The standard InChI is InChI=1S/C21H20N2O3.H3O4P/c24-21(16-8-4-10-19-20(16)26-13-12-25-19)23-18(17-9-5-11-22-17)14-15-6-2-1-3-7-15;1-5(2,3)4/h1-11,18,22H,12-14H2,(H,23,24);(H3,1,2,3,4). The molecule has 3 aromatic rings. The van der Waals surface area contributed by atoms with Crippen molar-refractivity contribution < 1.29 is 33.5 Å². The van der Waals surface area contributed by atoms with Crippen LogP contribution in [0.1, 0.15) is 27.7 Å². The van der Waals surface area contributed by atoms with E-state index in [2.05, 4.69) is 22.4 Å². The van der Waals surface area contributed by atoms with Crippen LogP contribution in [0.25, 0.3) is 0 Å². The van der Waals surface area contributed by atoms with Crippen molar-refractivity contribution in [2.45, 2.75) is 12.5 Å². The van der Waals surface area contributed by atoms with Gasteiger partial charge in [0.25, 0.3) is 5.91 Å². The highest BCUT2D eigenvalue weighted by Gasteiger charge is 2.23. The lowest BCUT2D eigenvalue weighted by Gasteiger charge is -2.22. The fraction of sp³-hybridized carbons (Fsp3) is 0.190. The molecule has 0 aliphatic carbocycles. The Morgan fingerprint density at radius 3 is 2.39 bits per heavy atom. The van der Waals surface area contributed by atoms with Crippen molar-refractivity contribution in [3.05, 3.63) is 83.7 Å². The lowest BCUT2D eigenvalue weighted by molar-refractivity contribution is 0.0924. The Morgan fingerprint density at radius 1 is 1.00 bits per heavy atom. The molecule has 1 aliphatic rings. The second-order valence-electron chi connectivity index (χ2n) is 6.68. The van der Waals surface area contributed by atoms with Gasteiger partial charge in [-0.1, -0.05) is 36.4 Å². The summed E-state index contributed by atoms with van der Waals surface area (Å²) in [5.74, 6) is 0.951. The maximum atomic E-state index is 13.0. The van der Waals surface area contributed by atoms with E-state index in [0.717, 1.165) is 11.3 Å². The molecule has 4 rings (SSSR count). The molecule has 10 heteroatoms. The van der Waals surface area contributed by atoms with Gasteiger partial charge in [0, 0.05) is 11.9 Å². The first-order chi connectivity index (χ1) is 14.8. The Hall–Kier alpha value is -3.10. The monoisotopic (exact) mass is 446 g/mol. The average molecular weight is 446 g/mol. The fourth-order valence-corrected chi connectivity index (χ4v) is 3.14. The van der Waals surface area contributed by atoms with Crippen LogP contribution in [0, 0.1) is 0 Å². The SMILES string of the molecule is O=C(NC(Cc1ccccc1)c1ccc[nH]1)c1cccc2c1OCCO2.O=P(O)(O)O. The summed E-state index contributed by atoms with van der Waals surface area (Å²) >= 11 is 0. The highest BCUT2D eigenvalue weighted by Crippen LogP contribution is 2.34. The zero-order valence-corrected chi connectivity index (χ0v) is 17.4. The second kappa shape index (κ2) is 10.3. The maximum Gasteiger partial charge on any atom is 0.466 e. The summed E-state index contributed by atoms with van der Waals surface area (Å²) in [6, 6.07) is 19.2. The van der Waals surface area contributed by atoms with Crippen LogP contribution in [0.2, 0.25) is 0 Å². The molecule has 2 heterocycles. The van der Waals surface area contributed by atoms with Crippen molar-refractivity contribution in [3.63, 3.8) is 0 Å². The number of benzene rings is 2. The van der Waals surface area contributed by atoms with Crippen molar-refractivity contribution >= 4 is 13.7 Å². The molecule has 31 heavy (non-hydrogen) atoms. The Kier molecular flexibility index (Phi) is 7.49. The van der Waals surface area contributed by atoms with Gasteiger partial charge >= 0.3 is 7.82 Å². The normalized spacial score (nSPS) is 13.5. The number of aromatic amines is 1. The average Bonchev–Trinajstić information content (AvgIpc) is 3.27. The van der Waals surface area contributed by atoms with Gasteiger partial charge in [-0.15, -0.1) is 0 Å². The molecule has 0 fully saturated rings. The predicted molar refractivity (Wildman–Crippen MR) is 113 cm³/mol. The van der Waals surface area contributed by atoms with Gasteiger partial charge in [0.05, 0.1) is 11.6 Å². The molecule has 0 saturated carbocycles. The van der Waals surface area contributed by atoms with Gasteiger partial charge < -0.3 is 34.5 Å². The number of carbonyl (C=O) groups is 1. The Morgan fingerprint density at radius 2 is 1.71 bits per heavy atom. The molecule has 0 bridgehead atoms. The number of rotatable bonds is 5. The van der Waals surface area contributed by atoms with Crippen molar-refractivity contribution in [2.75, 3.05) is 13.2 Å². The minimum absolute atomic E-state index is 0.166. The molecule has 5 N–H and O–H groups in total. The third kappa shape index (κ3) is 6.97. The molecule has 1 aliphatic heterocycles. The van der Waals surface area contributed by atoms with E-state index in [0.29, 0.717) is 36.7 Å². The molecule has 9 nitrogen and oxygen atoms in total. The third-order valence-corrected chi connectivity index (χ3v) is 4.40. The summed E-state index contributed by atoms with van der Waals surface area (Å²) in [6.45, 7) is 0.943. The number of ether oxygens (including phenoxy) is 2. The summed E-state index contributed by atoms with van der Waals surface area (Å²) < 4.78 is 20.1. The number of hydrogen-bond donors (Lipinski definition) is 5. The van der Waals surface area contributed by atoms with Crippen LogP contribution in [0.4, 0.5) is 0 Å². The first-order valence-electron chi connectivity index (χ1n) is 9.46. The summed E-state index contributed by atoms with van der Waals surface area (Å²) in [7, 11) is -4.64. The predicted octanol–water partition coefficient (Wildman–Crippen LogP) is 2.57. The lowest BCUT2D eigenvalue weighted by Crippen LogP contribution is -2.31. The van der Waals surface area contributed by atoms with Crippen molar-refractivity contribution in [3.8, 4) is 11.5 Å². The molecule has 0 radical (unpaired) electrons. The van der Waals surface area contributed by atoms with E-state index in [1.165, 1.54) is 0 Å². The van der Waals surface area contributed by atoms with Gasteiger partial charge in [0.1, 0.15) is 13.2 Å².